The van der Waals surface area contributed by atoms with Gasteiger partial charge in [-0.05, 0) is 24.7 Å². The largest absolute Gasteiger partial charge is 0.476 e. The number of hydrogen-bond donors (Lipinski definition) is 2. The van der Waals surface area contributed by atoms with Crippen LogP contribution in [0.15, 0.2) is 5.51 Å². The van der Waals surface area contributed by atoms with E-state index < -0.39 is 5.97 Å². The van der Waals surface area contributed by atoms with Crippen molar-refractivity contribution in [1.29, 1.82) is 0 Å². The van der Waals surface area contributed by atoms with Crippen LogP contribution in [0.4, 0.5) is 5.00 Å². The minimum Gasteiger partial charge on any atom is -0.476 e. The van der Waals surface area contributed by atoms with Crippen LogP contribution in [0.25, 0.3) is 0 Å². The molecule has 88 valence electrons. The molecule has 5 heteroatoms. The fourth-order valence-electron chi connectivity index (χ4n) is 2.01. The van der Waals surface area contributed by atoms with Gasteiger partial charge in [-0.15, -0.1) is 11.3 Å². The number of thiazole rings is 1. The van der Waals surface area contributed by atoms with Gasteiger partial charge in [-0.1, -0.05) is 13.3 Å². The molecule has 0 bridgehead atoms. The lowest BCUT2D eigenvalue weighted by Gasteiger charge is -2.14. The van der Waals surface area contributed by atoms with Crippen molar-refractivity contribution in [3.8, 4) is 0 Å². The highest BCUT2D eigenvalue weighted by molar-refractivity contribution is 7.14. The smallest absolute Gasteiger partial charge is 0.357 e. The van der Waals surface area contributed by atoms with Crippen LogP contribution in [0.2, 0.25) is 0 Å². The van der Waals surface area contributed by atoms with E-state index in [1.165, 1.54) is 37.0 Å². The van der Waals surface area contributed by atoms with Crippen LogP contribution in [0.1, 0.15) is 43.1 Å². The number of rotatable bonds is 6. The Morgan fingerprint density at radius 2 is 2.44 bits per heavy atom. The molecule has 0 unspecified atom stereocenters. The van der Waals surface area contributed by atoms with E-state index in [1.54, 1.807) is 5.51 Å². The normalized spacial score (nSPS) is 17.1. The van der Waals surface area contributed by atoms with Crippen LogP contribution in [0.5, 0.6) is 0 Å². The number of anilines is 1. The van der Waals surface area contributed by atoms with E-state index in [2.05, 4.69) is 17.2 Å². The molecule has 1 aliphatic carbocycles. The highest BCUT2D eigenvalue weighted by Gasteiger charge is 2.41. The summed E-state index contributed by atoms with van der Waals surface area (Å²) in [5, 5.41) is 12.8. The topological polar surface area (TPSA) is 62.2 Å². The van der Waals surface area contributed by atoms with E-state index in [1.807, 2.05) is 0 Å². The Morgan fingerprint density at radius 3 is 3.00 bits per heavy atom. The van der Waals surface area contributed by atoms with Gasteiger partial charge in [0.15, 0.2) is 5.69 Å². The lowest BCUT2D eigenvalue weighted by Crippen LogP contribution is -2.16. The molecule has 0 amide bonds. The molecule has 1 saturated carbocycles. The van der Waals surface area contributed by atoms with Crippen LogP contribution in [0, 0.1) is 5.41 Å². The van der Waals surface area contributed by atoms with Crippen molar-refractivity contribution in [2.24, 2.45) is 5.41 Å². The van der Waals surface area contributed by atoms with E-state index in [0.717, 1.165) is 6.54 Å². The van der Waals surface area contributed by atoms with E-state index >= 15 is 0 Å². The third-order valence-corrected chi connectivity index (χ3v) is 3.92. The molecule has 1 aromatic rings. The van der Waals surface area contributed by atoms with Gasteiger partial charge in [-0.25, -0.2) is 9.78 Å². The predicted octanol–water partition coefficient (Wildman–Crippen LogP) is 2.83. The standard InChI is InChI=1S/C11H16N2O2S/c1-2-3-11(4-5-11)6-12-9-8(10(14)15)13-7-16-9/h7,12H,2-6H2,1H3,(H,14,15). The summed E-state index contributed by atoms with van der Waals surface area (Å²) in [6, 6.07) is 0. The first-order valence-electron chi connectivity index (χ1n) is 5.57. The summed E-state index contributed by atoms with van der Waals surface area (Å²) in [6.45, 7) is 3.07. The summed E-state index contributed by atoms with van der Waals surface area (Å²) in [6.07, 6.45) is 4.93. The number of aromatic carboxylic acids is 1. The quantitative estimate of drug-likeness (QED) is 0.802. The monoisotopic (exact) mass is 240 g/mol. The summed E-state index contributed by atoms with van der Waals surface area (Å²) in [4.78, 5) is 14.7. The second kappa shape index (κ2) is 4.41. The minimum absolute atomic E-state index is 0.150. The maximum absolute atomic E-state index is 10.9. The zero-order chi connectivity index (χ0) is 11.6. The van der Waals surface area contributed by atoms with Crippen molar-refractivity contribution >= 4 is 22.3 Å². The fraction of sp³-hybridized carbons (Fsp3) is 0.636. The van der Waals surface area contributed by atoms with Crippen LogP contribution in [-0.4, -0.2) is 22.6 Å². The number of nitrogens with zero attached hydrogens (tertiary/aromatic N) is 1. The molecule has 1 fully saturated rings. The van der Waals surface area contributed by atoms with Crippen molar-refractivity contribution in [3.63, 3.8) is 0 Å². The third kappa shape index (κ3) is 2.35. The van der Waals surface area contributed by atoms with Gasteiger partial charge in [-0.2, -0.15) is 0 Å². The molecule has 1 heterocycles. The van der Waals surface area contributed by atoms with Crippen molar-refractivity contribution in [2.45, 2.75) is 32.6 Å². The average molecular weight is 240 g/mol. The summed E-state index contributed by atoms with van der Waals surface area (Å²) in [5.74, 6) is -0.955. The first kappa shape index (κ1) is 11.4. The number of carboxylic acid groups (broad SMARTS) is 1. The van der Waals surface area contributed by atoms with Crippen molar-refractivity contribution in [1.82, 2.24) is 4.98 Å². The molecule has 0 radical (unpaired) electrons. The minimum atomic E-state index is -0.955. The highest BCUT2D eigenvalue weighted by Crippen LogP contribution is 2.49. The molecular formula is C11H16N2O2S. The van der Waals surface area contributed by atoms with E-state index in [9.17, 15) is 4.79 Å². The Kier molecular flexibility index (Phi) is 3.14. The number of carboxylic acids is 1. The summed E-state index contributed by atoms with van der Waals surface area (Å²) < 4.78 is 0. The summed E-state index contributed by atoms with van der Waals surface area (Å²) >= 11 is 1.36. The molecule has 16 heavy (non-hydrogen) atoms. The van der Waals surface area contributed by atoms with Gasteiger partial charge < -0.3 is 10.4 Å². The molecule has 0 spiro atoms. The zero-order valence-corrected chi connectivity index (χ0v) is 10.1. The molecule has 2 N–H and O–H groups in total. The Balaban J connectivity index is 1.94. The van der Waals surface area contributed by atoms with Gasteiger partial charge in [0, 0.05) is 6.54 Å². The summed E-state index contributed by atoms with van der Waals surface area (Å²) in [7, 11) is 0. The molecule has 0 aliphatic heterocycles. The molecule has 1 aromatic heterocycles. The maximum atomic E-state index is 10.9. The molecule has 2 rings (SSSR count). The van der Waals surface area contributed by atoms with Gasteiger partial charge >= 0.3 is 5.97 Å². The maximum Gasteiger partial charge on any atom is 0.357 e. The second-order valence-electron chi connectivity index (χ2n) is 4.44. The molecule has 4 nitrogen and oxygen atoms in total. The third-order valence-electron chi connectivity index (χ3n) is 3.13. The molecule has 0 atom stereocenters. The Morgan fingerprint density at radius 1 is 1.69 bits per heavy atom. The summed E-state index contributed by atoms with van der Waals surface area (Å²) in [5.41, 5.74) is 2.15. The lowest BCUT2D eigenvalue weighted by atomic mass is 10.0. The first-order valence-corrected chi connectivity index (χ1v) is 6.45. The van der Waals surface area contributed by atoms with Gasteiger partial charge in [0.1, 0.15) is 5.00 Å². The van der Waals surface area contributed by atoms with Crippen molar-refractivity contribution < 1.29 is 9.90 Å². The van der Waals surface area contributed by atoms with Crippen LogP contribution >= 0.6 is 11.3 Å². The Labute approximate surface area is 98.7 Å². The van der Waals surface area contributed by atoms with Crippen LogP contribution in [0.3, 0.4) is 0 Å². The highest BCUT2D eigenvalue weighted by atomic mass is 32.1. The molecule has 0 saturated heterocycles. The van der Waals surface area contributed by atoms with E-state index in [-0.39, 0.29) is 5.69 Å². The first-order chi connectivity index (χ1) is 7.67. The Bertz CT molecular complexity index is 385. The number of hydrogen-bond acceptors (Lipinski definition) is 4. The van der Waals surface area contributed by atoms with Gasteiger partial charge in [0.2, 0.25) is 0 Å². The Hall–Kier alpha value is -1.10. The van der Waals surface area contributed by atoms with Crippen molar-refractivity contribution in [2.75, 3.05) is 11.9 Å². The molecule has 1 aliphatic rings. The number of nitrogens with one attached hydrogen (secondary N) is 1. The predicted molar refractivity (Wildman–Crippen MR) is 64.1 cm³/mol. The van der Waals surface area contributed by atoms with Crippen LogP contribution in [-0.2, 0) is 0 Å². The molecular weight excluding hydrogens is 224 g/mol. The number of aromatic nitrogens is 1. The fourth-order valence-corrected chi connectivity index (χ4v) is 2.68. The molecule has 0 aromatic carbocycles. The van der Waals surface area contributed by atoms with Gasteiger partial charge in [0.25, 0.3) is 0 Å². The van der Waals surface area contributed by atoms with E-state index in [4.69, 9.17) is 5.11 Å². The lowest BCUT2D eigenvalue weighted by molar-refractivity contribution is 0.0692. The average Bonchev–Trinajstić information content (AvgIpc) is 2.84. The van der Waals surface area contributed by atoms with Crippen LogP contribution < -0.4 is 5.32 Å². The van der Waals surface area contributed by atoms with E-state index in [0.29, 0.717) is 10.4 Å². The number of carbonyl (C=O) groups is 1. The second-order valence-corrected chi connectivity index (χ2v) is 5.29. The zero-order valence-electron chi connectivity index (χ0n) is 9.32. The van der Waals surface area contributed by atoms with Gasteiger partial charge in [0.05, 0.1) is 5.51 Å². The van der Waals surface area contributed by atoms with Gasteiger partial charge in [-0.3, -0.25) is 0 Å². The van der Waals surface area contributed by atoms with Crippen molar-refractivity contribution in [3.05, 3.63) is 11.2 Å². The SMILES string of the molecule is CCCC1(CNc2scnc2C(=O)O)CC1.